The van der Waals surface area contributed by atoms with Gasteiger partial charge < -0.3 is 4.52 Å². The van der Waals surface area contributed by atoms with Crippen LogP contribution in [-0.4, -0.2) is 47.6 Å². The maximum Gasteiger partial charge on any atom is 0.223 e. The van der Waals surface area contributed by atoms with Gasteiger partial charge in [0.05, 0.1) is 18.1 Å². The highest BCUT2D eigenvalue weighted by molar-refractivity contribution is 7.91. The molecule has 2 heterocycles. The molecule has 7 heteroatoms. The molecule has 0 spiro atoms. The number of hydrogen-bond donors (Lipinski definition) is 0. The van der Waals surface area contributed by atoms with Gasteiger partial charge in [-0.2, -0.15) is 4.98 Å². The summed E-state index contributed by atoms with van der Waals surface area (Å²) in [5, 5.41) is 3.83. The zero-order chi connectivity index (χ0) is 12.5. The molecule has 1 aliphatic heterocycles. The maximum atomic E-state index is 11.4. The average molecular weight is 259 g/mol. The first-order chi connectivity index (χ1) is 8.00. The molecular weight excluding hydrogens is 242 g/mol. The second kappa shape index (κ2) is 4.73. The molecule has 0 amide bonds. The Morgan fingerprint density at radius 1 is 1.53 bits per heavy atom. The van der Waals surface area contributed by atoms with Gasteiger partial charge in [-0.3, -0.25) is 4.90 Å². The van der Waals surface area contributed by atoms with Gasteiger partial charge in [0.15, 0.2) is 15.7 Å². The molecule has 0 saturated carbocycles. The maximum absolute atomic E-state index is 11.4. The fourth-order valence-electron chi connectivity index (χ4n) is 2.15. The summed E-state index contributed by atoms with van der Waals surface area (Å²) < 4.78 is 27.8. The predicted octanol–water partition coefficient (Wildman–Crippen LogP) is 0.387. The van der Waals surface area contributed by atoms with Gasteiger partial charge in [0, 0.05) is 13.0 Å². The van der Waals surface area contributed by atoms with Gasteiger partial charge in [-0.25, -0.2) is 8.42 Å². The van der Waals surface area contributed by atoms with Crippen LogP contribution in [-0.2, 0) is 16.4 Å². The first-order valence-corrected chi connectivity index (χ1v) is 7.56. The first-order valence-electron chi connectivity index (χ1n) is 5.74. The molecular formula is C10H17N3O3S. The van der Waals surface area contributed by atoms with Crippen molar-refractivity contribution >= 4 is 9.84 Å². The molecule has 1 aromatic heterocycles. The summed E-state index contributed by atoms with van der Waals surface area (Å²) in [6.07, 6.45) is 0.701. The number of aryl methyl sites for hydroxylation is 1. The fraction of sp³-hybridized carbons (Fsp3) is 0.800. The molecule has 96 valence electrons. The quantitative estimate of drug-likeness (QED) is 0.778. The largest absolute Gasteiger partial charge is 0.340 e. The topological polar surface area (TPSA) is 76.3 Å². The lowest BCUT2D eigenvalue weighted by molar-refractivity contribution is 0.206. The summed E-state index contributed by atoms with van der Waals surface area (Å²) >= 11 is 0. The highest BCUT2D eigenvalue weighted by Gasteiger charge is 2.32. The minimum Gasteiger partial charge on any atom is -0.340 e. The highest BCUT2D eigenvalue weighted by Crippen LogP contribution is 2.18. The normalized spacial score (nSPS) is 23.4. The van der Waals surface area contributed by atoms with Crippen LogP contribution in [0.5, 0.6) is 0 Å². The van der Waals surface area contributed by atoms with Crippen molar-refractivity contribution < 1.29 is 12.9 Å². The Morgan fingerprint density at radius 2 is 2.29 bits per heavy atom. The lowest BCUT2D eigenvalue weighted by Crippen LogP contribution is -2.35. The van der Waals surface area contributed by atoms with Crippen LogP contribution < -0.4 is 0 Å². The van der Waals surface area contributed by atoms with Crippen molar-refractivity contribution in [2.75, 3.05) is 18.1 Å². The number of sulfone groups is 1. The van der Waals surface area contributed by atoms with Crippen molar-refractivity contribution in [1.82, 2.24) is 15.0 Å². The number of rotatable bonds is 4. The van der Waals surface area contributed by atoms with Crippen molar-refractivity contribution in [3.63, 3.8) is 0 Å². The Kier molecular flexibility index (Phi) is 3.48. The fourth-order valence-corrected chi connectivity index (χ4v) is 3.91. The van der Waals surface area contributed by atoms with E-state index in [-0.39, 0.29) is 11.8 Å². The molecule has 1 saturated heterocycles. The smallest absolute Gasteiger partial charge is 0.223 e. The third-order valence-electron chi connectivity index (χ3n) is 3.05. The Balaban J connectivity index is 2.02. The lowest BCUT2D eigenvalue weighted by atomic mass is 10.2. The van der Waals surface area contributed by atoms with Gasteiger partial charge in [-0.1, -0.05) is 12.1 Å². The molecule has 0 aliphatic carbocycles. The highest BCUT2D eigenvalue weighted by atomic mass is 32.2. The van der Waals surface area contributed by atoms with E-state index in [9.17, 15) is 8.42 Å². The van der Waals surface area contributed by atoms with Crippen molar-refractivity contribution in [1.29, 1.82) is 0 Å². The summed E-state index contributed by atoms with van der Waals surface area (Å²) in [6.45, 7) is 5.09. The second-order valence-corrected chi connectivity index (χ2v) is 6.58. The third kappa shape index (κ3) is 3.04. The predicted molar refractivity (Wildman–Crippen MR) is 62.2 cm³/mol. The molecule has 0 radical (unpaired) electrons. The third-order valence-corrected chi connectivity index (χ3v) is 4.80. The zero-order valence-electron chi connectivity index (χ0n) is 10.1. The number of hydrogen-bond acceptors (Lipinski definition) is 6. The van der Waals surface area contributed by atoms with Crippen LogP contribution in [0.15, 0.2) is 4.52 Å². The second-order valence-electron chi connectivity index (χ2n) is 4.35. The van der Waals surface area contributed by atoms with Crippen molar-refractivity contribution in [2.45, 2.75) is 32.9 Å². The van der Waals surface area contributed by atoms with E-state index >= 15 is 0 Å². The zero-order valence-corrected chi connectivity index (χ0v) is 10.9. The van der Waals surface area contributed by atoms with E-state index in [2.05, 4.69) is 15.0 Å². The molecule has 17 heavy (non-hydrogen) atoms. The Hall–Kier alpha value is -0.950. The minimum atomic E-state index is -2.84. The summed E-state index contributed by atoms with van der Waals surface area (Å²) in [5.41, 5.74) is 0. The van der Waals surface area contributed by atoms with E-state index in [0.29, 0.717) is 30.4 Å². The van der Waals surface area contributed by atoms with Crippen LogP contribution in [0.2, 0.25) is 0 Å². The van der Waals surface area contributed by atoms with Crippen LogP contribution in [0.3, 0.4) is 0 Å². The van der Waals surface area contributed by atoms with Gasteiger partial charge in [0.25, 0.3) is 0 Å². The molecule has 0 N–H and O–H groups in total. The van der Waals surface area contributed by atoms with Gasteiger partial charge in [-0.15, -0.1) is 0 Å². The first kappa shape index (κ1) is 12.5. The van der Waals surface area contributed by atoms with Crippen LogP contribution in [0, 0.1) is 6.92 Å². The van der Waals surface area contributed by atoms with Crippen molar-refractivity contribution in [3.05, 3.63) is 11.7 Å². The minimum absolute atomic E-state index is 0.0869. The summed E-state index contributed by atoms with van der Waals surface area (Å²) in [7, 11) is -2.84. The summed E-state index contributed by atoms with van der Waals surface area (Å²) in [6, 6.07) is 0.0869. The SMILES string of the molecule is CCN(Cc1noc(C)n1)C1CCS(=O)(=O)C1. The van der Waals surface area contributed by atoms with Crippen LogP contribution in [0.4, 0.5) is 0 Å². The van der Waals surface area contributed by atoms with Crippen molar-refractivity contribution in [2.24, 2.45) is 0 Å². The molecule has 0 aromatic carbocycles. The number of nitrogens with zero attached hydrogens (tertiary/aromatic N) is 3. The summed E-state index contributed by atoms with van der Waals surface area (Å²) in [4.78, 5) is 6.23. The van der Waals surface area contributed by atoms with Crippen LogP contribution in [0.25, 0.3) is 0 Å². The van der Waals surface area contributed by atoms with Gasteiger partial charge in [0.2, 0.25) is 5.89 Å². The van der Waals surface area contributed by atoms with E-state index in [1.807, 2.05) is 6.92 Å². The number of aromatic nitrogens is 2. The van der Waals surface area contributed by atoms with Gasteiger partial charge in [0.1, 0.15) is 0 Å². The monoisotopic (exact) mass is 259 g/mol. The van der Waals surface area contributed by atoms with E-state index in [4.69, 9.17) is 4.52 Å². The van der Waals surface area contributed by atoms with Crippen LogP contribution >= 0.6 is 0 Å². The van der Waals surface area contributed by atoms with E-state index in [1.54, 1.807) is 6.92 Å². The standard InChI is InChI=1S/C10H17N3O3S/c1-3-13(6-10-11-8(2)16-12-10)9-4-5-17(14,15)7-9/h9H,3-7H2,1-2H3. The molecule has 1 fully saturated rings. The van der Waals surface area contributed by atoms with Crippen LogP contribution in [0.1, 0.15) is 25.1 Å². The Labute approximate surface area is 101 Å². The Morgan fingerprint density at radius 3 is 2.76 bits per heavy atom. The molecule has 1 aromatic rings. The molecule has 1 atom stereocenters. The molecule has 1 unspecified atom stereocenters. The van der Waals surface area contributed by atoms with Gasteiger partial charge in [-0.05, 0) is 13.0 Å². The van der Waals surface area contributed by atoms with Crippen molar-refractivity contribution in [3.8, 4) is 0 Å². The summed E-state index contributed by atoms with van der Waals surface area (Å²) in [5.74, 6) is 1.70. The average Bonchev–Trinajstić information content (AvgIpc) is 2.81. The lowest BCUT2D eigenvalue weighted by Gasteiger charge is -2.24. The Bertz CT molecular complexity index is 483. The van der Waals surface area contributed by atoms with Gasteiger partial charge >= 0.3 is 0 Å². The molecule has 2 rings (SSSR count). The van der Waals surface area contributed by atoms with E-state index < -0.39 is 9.84 Å². The van der Waals surface area contributed by atoms with E-state index in [1.165, 1.54) is 0 Å². The molecule has 6 nitrogen and oxygen atoms in total. The molecule has 1 aliphatic rings. The molecule has 0 bridgehead atoms. The van der Waals surface area contributed by atoms with E-state index in [0.717, 1.165) is 6.54 Å².